The SMILES string of the molecule is Cc1nc(NC(=O)c2ccc(Cl)cn2)sc1S(=O)(=O)Cl. The second kappa shape index (κ2) is 5.65. The van der Waals surface area contributed by atoms with Crippen molar-refractivity contribution in [2.45, 2.75) is 11.1 Å². The number of pyridine rings is 1. The van der Waals surface area contributed by atoms with Gasteiger partial charge in [-0.1, -0.05) is 22.9 Å². The van der Waals surface area contributed by atoms with E-state index in [2.05, 4.69) is 15.3 Å². The third kappa shape index (κ3) is 3.45. The fraction of sp³-hybridized carbons (Fsp3) is 0.100. The van der Waals surface area contributed by atoms with Gasteiger partial charge in [0.05, 0.1) is 10.7 Å². The number of rotatable bonds is 3. The van der Waals surface area contributed by atoms with E-state index in [1.807, 2.05) is 0 Å². The van der Waals surface area contributed by atoms with E-state index in [0.29, 0.717) is 5.02 Å². The van der Waals surface area contributed by atoms with Crippen LogP contribution in [0.4, 0.5) is 5.13 Å². The van der Waals surface area contributed by atoms with Crippen molar-refractivity contribution < 1.29 is 13.2 Å². The Balaban J connectivity index is 2.23. The number of carbonyl (C=O) groups excluding carboxylic acids is 1. The predicted octanol–water partition coefficient (Wildman–Crippen LogP) is 2.68. The van der Waals surface area contributed by atoms with E-state index in [9.17, 15) is 13.2 Å². The molecule has 0 aliphatic heterocycles. The average Bonchev–Trinajstić information content (AvgIpc) is 2.70. The van der Waals surface area contributed by atoms with E-state index in [4.69, 9.17) is 22.3 Å². The van der Waals surface area contributed by atoms with Crippen LogP contribution in [-0.4, -0.2) is 24.3 Å². The summed E-state index contributed by atoms with van der Waals surface area (Å²) < 4.78 is 22.4. The number of aryl methyl sites for hydroxylation is 1. The summed E-state index contributed by atoms with van der Waals surface area (Å²) in [6.45, 7) is 1.49. The maximum Gasteiger partial charge on any atom is 0.276 e. The first-order valence-corrected chi connectivity index (χ1v) is 8.63. The molecule has 2 aromatic rings. The molecule has 6 nitrogen and oxygen atoms in total. The van der Waals surface area contributed by atoms with Gasteiger partial charge < -0.3 is 0 Å². The van der Waals surface area contributed by atoms with E-state index < -0.39 is 15.0 Å². The van der Waals surface area contributed by atoms with Crippen molar-refractivity contribution in [2.75, 3.05) is 5.32 Å². The molecular formula is C10H7Cl2N3O3S2. The minimum atomic E-state index is -3.87. The zero-order valence-electron chi connectivity index (χ0n) is 9.92. The van der Waals surface area contributed by atoms with Crippen LogP contribution < -0.4 is 5.32 Å². The molecule has 0 atom stereocenters. The third-order valence-corrected chi connectivity index (χ3v) is 5.63. The van der Waals surface area contributed by atoms with Crippen molar-refractivity contribution in [2.24, 2.45) is 0 Å². The summed E-state index contributed by atoms with van der Waals surface area (Å²) in [6.07, 6.45) is 1.33. The second-order valence-electron chi connectivity index (χ2n) is 3.65. The molecule has 0 saturated carbocycles. The Hall–Kier alpha value is -1.22. The van der Waals surface area contributed by atoms with Crippen LogP contribution in [0.25, 0.3) is 0 Å². The lowest BCUT2D eigenvalue weighted by Gasteiger charge is -2.00. The average molecular weight is 352 g/mol. The molecule has 0 fully saturated rings. The van der Waals surface area contributed by atoms with Crippen molar-refractivity contribution in [3.05, 3.63) is 34.7 Å². The highest BCUT2D eigenvalue weighted by molar-refractivity contribution is 8.15. The van der Waals surface area contributed by atoms with Gasteiger partial charge in [0.15, 0.2) is 9.34 Å². The molecule has 0 aliphatic rings. The summed E-state index contributed by atoms with van der Waals surface area (Å²) in [5.74, 6) is -0.520. The summed E-state index contributed by atoms with van der Waals surface area (Å²) in [5.41, 5.74) is 0.363. The summed E-state index contributed by atoms with van der Waals surface area (Å²) in [5, 5.41) is 2.98. The number of thiazole rings is 1. The molecule has 2 rings (SSSR count). The minimum Gasteiger partial charge on any atom is -0.296 e. The molecule has 2 heterocycles. The molecule has 0 saturated heterocycles. The monoisotopic (exact) mass is 351 g/mol. The standard InChI is InChI=1S/C10H7Cl2N3O3S2/c1-5-9(20(12,17)18)19-10(14-5)15-8(16)7-3-2-6(11)4-13-7/h2-4H,1H3,(H,14,15,16). The molecule has 0 radical (unpaired) electrons. The Morgan fingerprint density at radius 1 is 1.40 bits per heavy atom. The Bertz CT molecular complexity index is 757. The number of aromatic nitrogens is 2. The largest absolute Gasteiger partial charge is 0.296 e. The van der Waals surface area contributed by atoms with Crippen LogP contribution >= 0.6 is 33.6 Å². The van der Waals surface area contributed by atoms with Crippen LogP contribution in [0.5, 0.6) is 0 Å². The highest BCUT2D eigenvalue weighted by Gasteiger charge is 2.20. The predicted molar refractivity (Wildman–Crippen MR) is 77.1 cm³/mol. The van der Waals surface area contributed by atoms with E-state index >= 15 is 0 Å². The highest BCUT2D eigenvalue weighted by Crippen LogP contribution is 2.29. The minimum absolute atomic E-state index is 0.0986. The number of carbonyl (C=O) groups is 1. The van der Waals surface area contributed by atoms with Crippen molar-refractivity contribution in [3.8, 4) is 0 Å². The molecule has 2 aromatic heterocycles. The van der Waals surface area contributed by atoms with Crippen LogP contribution in [0.15, 0.2) is 22.5 Å². The summed E-state index contributed by atoms with van der Waals surface area (Å²) >= 11 is 6.44. The van der Waals surface area contributed by atoms with Gasteiger partial charge in [-0.2, -0.15) is 0 Å². The highest BCUT2D eigenvalue weighted by atomic mass is 35.7. The molecular weight excluding hydrogens is 345 g/mol. The van der Waals surface area contributed by atoms with Gasteiger partial charge in [0.25, 0.3) is 15.0 Å². The Kier molecular flexibility index (Phi) is 4.28. The van der Waals surface area contributed by atoms with E-state index in [1.165, 1.54) is 25.3 Å². The van der Waals surface area contributed by atoms with Gasteiger partial charge >= 0.3 is 0 Å². The van der Waals surface area contributed by atoms with Gasteiger partial charge in [-0.15, -0.1) is 0 Å². The molecule has 20 heavy (non-hydrogen) atoms. The smallest absolute Gasteiger partial charge is 0.276 e. The van der Waals surface area contributed by atoms with Crippen LogP contribution in [0.3, 0.4) is 0 Å². The molecule has 0 bridgehead atoms. The number of amides is 1. The first-order chi connectivity index (χ1) is 9.27. The molecule has 0 unspecified atom stereocenters. The lowest BCUT2D eigenvalue weighted by atomic mass is 10.3. The number of halogens is 2. The third-order valence-electron chi connectivity index (χ3n) is 2.16. The molecule has 0 spiro atoms. The Morgan fingerprint density at radius 2 is 2.10 bits per heavy atom. The summed E-state index contributed by atoms with van der Waals surface area (Å²) in [4.78, 5) is 19.6. The van der Waals surface area contributed by atoms with E-state index in [0.717, 1.165) is 11.3 Å². The maximum atomic E-state index is 11.9. The number of hydrogen-bond acceptors (Lipinski definition) is 6. The van der Waals surface area contributed by atoms with Gasteiger partial charge in [0.1, 0.15) is 5.69 Å². The van der Waals surface area contributed by atoms with Gasteiger partial charge in [-0.05, 0) is 19.1 Å². The van der Waals surface area contributed by atoms with Crippen LogP contribution in [0, 0.1) is 6.92 Å². The Labute approximate surface area is 128 Å². The van der Waals surface area contributed by atoms with Crippen molar-refractivity contribution in [1.29, 1.82) is 0 Å². The van der Waals surface area contributed by atoms with Gasteiger partial charge in [0.2, 0.25) is 0 Å². The van der Waals surface area contributed by atoms with Crippen LogP contribution in [0.2, 0.25) is 5.02 Å². The van der Waals surface area contributed by atoms with Crippen molar-refractivity contribution in [3.63, 3.8) is 0 Å². The molecule has 1 N–H and O–H groups in total. The van der Waals surface area contributed by atoms with Crippen molar-refractivity contribution in [1.82, 2.24) is 9.97 Å². The number of hydrogen-bond donors (Lipinski definition) is 1. The van der Waals surface area contributed by atoms with Gasteiger partial charge in [-0.3, -0.25) is 10.1 Å². The maximum absolute atomic E-state index is 11.9. The van der Waals surface area contributed by atoms with Gasteiger partial charge in [0, 0.05) is 16.9 Å². The quantitative estimate of drug-likeness (QED) is 0.858. The molecule has 0 aromatic carbocycles. The number of nitrogens with one attached hydrogen (secondary N) is 1. The zero-order valence-corrected chi connectivity index (χ0v) is 13.1. The Morgan fingerprint density at radius 3 is 2.60 bits per heavy atom. The fourth-order valence-electron chi connectivity index (χ4n) is 1.33. The van der Waals surface area contributed by atoms with Gasteiger partial charge in [-0.25, -0.2) is 18.4 Å². The molecule has 10 heteroatoms. The molecule has 1 amide bonds. The van der Waals surface area contributed by atoms with E-state index in [1.54, 1.807) is 0 Å². The van der Waals surface area contributed by atoms with Crippen LogP contribution in [0.1, 0.15) is 16.2 Å². The van der Waals surface area contributed by atoms with Crippen LogP contribution in [-0.2, 0) is 9.05 Å². The lowest BCUT2D eigenvalue weighted by Crippen LogP contribution is -2.13. The first kappa shape index (κ1) is 15.2. The lowest BCUT2D eigenvalue weighted by molar-refractivity contribution is 0.102. The topological polar surface area (TPSA) is 89.0 Å². The zero-order chi connectivity index (χ0) is 14.9. The molecule has 106 valence electrons. The van der Waals surface area contributed by atoms with E-state index in [-0.39, 0.29) is 20.7 Å². The second-order valence-corrected chi connectivity index (χ2v) is 7.84. The normalized spacial score (nSPS) is 11.3. The number of nitrogens with zero attached hydrogens (tertiary/aromatic N) is 2. The van der Waals surface area contributed by atoms with Crippen molar-refractivity contribution >= 4 is 53.7 Å². The summed E-state index contributed by atoms with van der Waals surface area (Å²) in [6, 6.07) is 2.96. The summed E-state index contributed by atoms with van der Waals surface area (Å²) in [7, 11) is 1.38. The molecule has 0 aliphatic carbocycles. The number of anilines is 1. The first-order valence-electron chi connectivity index (χ1n) is 5.12. The fourth-order valence-corrected chi connectivity index (χ4v) is 3.79.